The van der Waals surface area contributed by atoms with E-state index in [0.29, 0.717) is 39.1 Å². The number of halogens is 1. The van der Waals surface area contributed by atoms with Crippen LogP contribution in [-0.4, -0.2) is 53.6 Å². The van der Waals surface area contributed by atoms with Gasteiger partial charge >= 0.3 is 0 Å². The van der Waals surface area contributed by atoms with Gasteiger partial charge in [-0.25, -0.2) is 14.2 Å². The molecule has 2 aromatic carbocycles. The molecule has 11 nitrogen and oxygen atoms in total. The summed E-state index contributed by atoms with van der Waals surface area (Å²) < 4.78 is 24.0. The Morgan fingerprint density at radius 2 is 1.69 bits per heavy atom. The van der Waals surface area contributed by atoms with Gasteiger partial charge in [0.25, 0.3) is 11.5 Å². The maximum Gasteiger partial charge on any atom is 0.280 e. The van der Waals surface area contributed by atoms with Crippen LogP contribution in [0, 0.1) is 0 Å². The van der Waals surface area contributed by atoms with E-state index in [1.54, 1.807) is 29.8 Å². The quantitative estimate of drug-likeness (QED) is 0.309. The topological polar surface area (TPSA) is 118 Å². The van der Waals surface area contributed by atoms with Gasteiger partial charge in [0.15, 0.2) is 17.1 Å². The van der Waals surface area contributed by atoms with Crippen molar-refractivity contribution < 1.29 is 23.7 Å². The highest BCUT2D eigenvalue weighted by Gasteiger charge is 2.20. The molecule has 0 aliphatic carbocycles. The normalized spacial score (nSPS) is 11.1. The average molecular weight is 550 g/mol. The van der Waals surface area contributed by atoms with Crippen molar-refractivity contribution in [3.05, 3.63) is 81.5 Å². The molecule has 0 fully saturated rings. The van der Waals surface area contributed by atoms with Crippen LogP contribution in [0.2, 0.25) is 5.02 Å². The number of fused-ring (bicyclic) bond motifs is 3. The molecule has 200 valence electrons. The van der Waals surface area contributed by atoms with Crippen LogP contribution in [0.1, 0.15) is 16.1 Å². The number of rotatable bonds is 8. The number of hydrogen-bond acceptors (Lipinski definition) is 8. The van der Waals surface area contributed by atoms with Gasteiger partial charge in [-0.15, -0.1) is 0 Å². The standard InChI is InChI=1S/C27H24ClN5O6/c1-36-14-19-23(15-5-7-17(28)8-6-15)25-29-13-18-20(33(25)30-19)9-10-32(27(18)35)31-26(34)16-11-21(37-2)24(39-4)22(12-16)38-3/h5-13H,14H2,1-4H3,(H,31,34). The van der Waals surface area contributed by atoms with E-state index in [1.807, 2.05) is 12.1 Å². The smallest absolute Gasteiger partial charge is 0.280 e. The van der Waals surface area contributed by atoms with Crippen LogP contribution >= 0.6 is 11.6 Å². The number of nitrogens with one attached hydrogen (secondary N) is 1. The predicted molar refractivity (Wildman–Crippen MR) is 146 cm³/mol. The minimum absolute atomic E-state index is 0.203. The third-order valence-electron chi connectivity index (χ3n) is 6.15. The summed E-state index contributed by atoms with van der Waals surface area (Å²) in [4.78, 5) is 31.0. The largest absolute Gasteiger partial charge is 0.493 e. The molecule has 0 saturated carbocycles. The highest BCUT2D eigenvalue weighted by atomic mass is 35.5. The molecule has 5 aromatic rings. The van der Waals surface area contributed by atoms with Gasteiger partial charge < -0.3 is 18.9 Å². The first-order chi connectivity index (χ1) is 18.9. The second-order valence-corrected chi connectivity index (χ2v) is 8.84. The molecular formula is C27H24ClN5O6. The Bertz CT molecular complexity index is 1740. The Morgan fingerprint density at radius 3 is 2.31 bits per heavy atom. The molecule has 0 spiro atoms. The minimum Gasteiger partial charge on any atom is -0.493 e. The molecule has 1 amide bonds. The van der Waals surface area contributed by atoms with Crippen LogP contribution < -0.4 is 25.2 Å². The van der Waals surface area contributed by atoms with Gasteiger partial charge in [-0.2, -0.15) is 5.10 Å². The summed E-state index contributed by atoms with van der Waals surface area (Å²) >= 11 is 6.08. The summed E-state index contributed by atoms with van der Waals surface area (Å²) in [6.45, 7) is 0.241. The fraction of sp³-hybridized carbons (Fsp3) is 0.185. The molecule has 0 atom stereocenters. The van der Waals surface area contributed by atoms with Gasteiger partial charge in [0.1, 0.15) is 0 Å². The zero-order valence-electron chi connectivity index (χ0n) is 21.5. The summed E-state index contributed by atoms with van der Waals surface area (Å²) in [5, 5.41) is 5.55. The Labute approximate surface area is 227 Å². The third-order valence-corrected chi connectivity index (χ3v) is 6.40. The van der Waals surface area contributed by atoms with Crippen molar-refractivity contribution in [2.75, 3.05) is 33.9 Å². The minimum atomic E-state index is -0.559. The van der Waals surface area contributed by atoms with Crippen LogP contribution in [0.15, 0.2) is 59.7 Å². The Balaban J connectivity index is 1.57. The van der Waals surface area contributed by atoms with Crippen molar-refractivity contribution in [1.29, 1.82) is 0 Å². The number of ether oxygens (including phenoxy) is 4. The van der Waals surface area contributed by atoms with Crippen LogP contribution in [0.5, 0.6) is 17.2 Å². The van der Waals surface area contributed by atoms with Gasteiger partial charge in [0, 0.05) is 30.1 Å². The fourth-order valence-corrected chi connectivity index (χ4v) is 4.46. The average Bonchev–Trinajstić information content (AvgIpc) is 3.32. The van der Waals surface area contributed by atoms with Gasteiger partial charge in [0.05, 0.1) is 50.1 Å². The van der Waals surface area contributed by atoms with Crippen molar-refractivity contribution in [1.82, 2.24) is 19.3 Å². The van der Waals surface area contributed by atoms with Crippen LogP contribution in [-0.2, 0) is 11.3 Å². The summed E-state index contributed by atoms with van der Waals surface area (Å²) in [6, 6.07) is 12.0. The summed E-state index contributed by atoms with van der Waals surface area (Å²) in [5.74, 6) is 0.402. The van der Waals surface area contributed by atoms with E-state index in [0.717, 1.165) is 15.8 Å². The van der Waals surface area contributed by atoms with E-state index in [2.05, 4.69) is 15.5 Å². The molecule has 39 heavy (non-hydrogen) atoms. The Kier molecular flexibility index (Phi) is 7.09. The number of carbonyl (C=O) groups is 1. The number of aromatic nitrogens is 4. The molecule has 0 bridgehead atoms. The van der Waals surface area contributed by atoms with Crippen molar-refractivity contribution >= 4 is 34.1 Å². The van der Waals surface area contributed by atoms with Crippen molar-refractivity contribution in [3.8, 4) is 28.4 Å². The SMILES string of the molecule is COCc1nn2c(ncc3c(=O)n(NC(=O)c4cc(OC)c(OC)c(OC)c4)ccc32)c1-c1ccc(Cl)cc1. The van der Waals surface area contributed by atoms with E-state index in [9.17, 15) is 9.59 Å². The zero-order chi connectivity index (χ0) is 27.7. The molecule has 0 saturated heterocycles. The molecule has 0 aliphatic rings. The highest BCUT2D eigenvalue weighted by Crippen LogP contribution is 2.38. The molecule has 5 rings (SSSR count). The van der Waals surface area contributed by atoms with E-state index in [4.69, 9.17) is 30.5 Å². The number of amides is 1. The van der Waals surface area contributed by atoms with Crippen molar-refractivity contribution in [3.63, 3.8) is 0 Å². The third kappa shape index (κ3) is 4.62. The lowest BCUT2D eigenvalue weighted by molar-refractivity contribution is 0.101. The Morgan fingerprint density at radius 1 is 1.00 bits per heavy atom. The first kappa shape index (κ1) is 26.0. The van der Waals surface area contributed by atoms with Crippen LogP contribution in [0.3, 0.4) is 0 Å². The molecule has 1 N–H and O–H groups in total. The molecule has 0 unspecified atom stereocenters. The maximum absolute atomic E-state index is 13.4. The lowest BCUT2D eigenvalue weighted by Gasteiger charge is -2.14. The van der Waals surface area contributed by atoms with E-state index in [-0.39, 0.29) is 17.6 Å². The van der Waals surface area contributed by atoms with Crippen LogP contribution in [0.4, 0.5) is 0 Å². The molecule has 3 heterocycles. The van der Waals surface area contributed by atoms with E-state index < -0.39 is 11.5 Å². The van der Waals surface area contributed by atoms with Gasteiger partial charge in [-0.05, 0) is 35.9 Å². The first-order valence-electron chi connectivity index (χ1n) is 11.7. The number of carbonyl (C=O) groups excluding carboxylic acids is 1. The van der Waals surface area contributed by atoms with E-state index >= 15 is 0 Å². The highest BCUT2D eigenvalue weighted by molar-refractivity contribution is 6.30. The molecule has 3 aromatic heterocycles. The molecular weight excluding hydrogens is 526 g/mol. The maximum atomic E-state index is 13.4. The molecule has 0 radical (unpaired) electrons. The lowest BCUT2D eigenvalue weighted by Crippen LogP contribution is -2.33. The van der Waals surface area contributed by atoms with Crippen molar-refractivity contribution in [2.24, 2.45) is 0 Å². The second-order valence-electron chi connectivity index (χ2n) is 8.40. The zero-order valence-corrected chi connectivity index (χ0v) is 22.3. The fourth-order valence-electron chi connectivity index (χ4n) is 4.34. The number of nitrogens with zero attached hydrogens (tertiary/aromatic N) is 4. The lowest BCUT2D eigenvalue weighted by atomic mass is 10.1. The summed E-state index contributed by atoms with van der Waals surface area (Å²) in [7, 11) is 5.95. The van der Waals surface area contributed by atoms with Gasteiger partial charge in [0.2, 0.25) is 5.75 Å². The second kappa shape index (κ2) is 10.6. The van der Waals surface area contributed by atoms with Gasteiger partial charge in [-0.1, -0.05) is 23.7 Å². The van der Waals surface area contributed by atoms with Crippen molar-refractivity contribution in [2.45, 2.75) is 6.61 Å². The number of methoxy groups -OCH3 is 4. The van der Waals surface area contributed by atoms with Gasteiger partial charge in [-0.3, -0.25) is 15.0 Å². The Hall–Kier alpha value is -4.61. The molecule has 12 heteroatoms. The van der Waals surface area contributed by atoms with E-state index in [1.165, 1.54) is 45.9 Å². The summed E-state index contributed by atoms with van der Waals surface area (Å²) in [5.41, 5.74) is 5.67. The first-order valence-corrected chi connectivity index (χ1v) is 12.1. The van der Waals surface area contributed by atoms with Crippen LogP contribution in [0.25, 0.3) is 27.7 Å². The summed E-state index contributed by atoms with van der Waals surface area (Å²) in [6.07, 6.45) is 2.92. The predicted octanol–water partition coefficient (Wildman–Crippen LogP) is 3.92. The number of hydrogen-bond donors (Lipinski definition) is 1. The number of benzene rings is 2. The molecule has 0 aliphatic heterocycles. The number of pyridine rings is 1. The monoisotopic (exact) mass is 549 g/mol.